The van der Waals surface area contributed by atoms with Gasteiger partial charge in [-0.25, -0.2) is 0 Å². The van der Waals surface area contributed by atoms with Gasteiger partial charge >= 0.3 is 0 Å². The van der Waals surface area contributed by atoms with Crippen molar-refractivity contribution in [3.63, 3.8) is 0 Å². The standard InChI is InChI=1S/C18H29N2S.C17H27N2S.6C7H7.2Hf/c1-13(2)15-9-8-10-16(14(3)4)17(15)19-18(21)20-11-6-5-7-12-20;1-12(2)14-8-7-9-15(13(3)4)16(14)18-17(20)19-10-5-6-11-19;6*1-7-5-3-2-4-6-7;;/h8-10,13-14,18,21H,5-7,11-12H2,1-4H3;7-9,12-13,17,20H,5-6,10-11H2,1-4H3;6*2-6H,1H2;;/q8*-1;;/p-2. The largest absolute Gasteiger partial charge is 0.793 e. The van der Waals surface area contributed by atoms with Crippen molar-refractivity contribution in [1.82, 2.24) is 9.80 Å². The number of piperidine rings is 1. The second kappa shape index (κ2) is 46.1. The van der Waals surface area contributed by atoms with Crippen molar-refractivity contribution in [2.75, 3.05) is 26.2 Å². The van der Waals surface area contributed by atoms with Gasteiger partial charge in [0, 0.05) is 51.7 Å². The van der Waals surface area contributed by atoms with Gasteiger partial charge in [-0.15, -0.1) is 84.2 Å². The number of para-hydroxylation sites is 2. The first-order valence-electron chi connectivity index (χ1n) is 29.6. The summed E-state index contributed by atoms with van der Waals surface area (Å²) in [4.78, 5) is 4.66. The molecule has 0 amide bonds. The molecule has 8 heteroatoms. The molecular weight excluding hydrogens is 1400 g/mol. The predicted octanol–water partition coefficient (Wildman–Crippen LogP) is 21.3. The van der Waals surface area contributed by atoms with Crippen LogP contribution >= 0.6 is 0 Å². The van der Waals surface area contributed by atoms with Gasteiger partial charge in [-0.2, -0.15) is 159 Å². The van der Waals surface area contributed by atoms with Crippen molar-refractivity contribution in [1.29, 1.82) is 0 Å². The maximum absolute atomic E-state index is 5.69. The van der Waals surface area contributed by atoms with E-state index in [0.717, 1.165) is 70.9 Å². The second-order valence-electron chi connectivity index (χ2n) is 21.9. The van der Waals surface area contributed by atoms with Crippen LogP contribution in [0.25, 0.3) is 10.6 Å². The molecule has 2 atom stereocenters. The minimum atomic E-state index is -0.123. The molecule has 2 saturated heterocycles. The van der Waals surface area contributed by atoms with Gasteiger partial charge in [0.2, 0.25) is 0 Å². The Morgan fingerprint density at radius 3 is 0.612 bits per heavy atom. The molecule has 2 heterocycles. The third-order valence-corrected chi connectivity index (χ3v) is 14.2. The summed E-state index contributed by atoms with van der Waals surface area (Å²) in [6.07, 6.45) is 6.35. The molecule has 2 aliphatic rings. The fourth-order valence-electron chi connectivity index (χ4n) is 8.68. The smallest absolute Gasteiger partial charge is 0 e. The average molecular weight is 1500 g/mol. The molecule has 2 aliphatic heterocycles. The van der Waals surface area contributed by atoms with E-state index < -0.39 is 0 Å². The van der Waals surface area contributed by atoms with E-state index in [1.165, 1.54) is 54.4 Å². The Morgan fingerprint density at radius 1 is 0.282 bits per heavy atom. The van der Waals surface area contributed by atoms with Crippen molar-refractivity contribution in [2.45, 2.75) is 122 Å². The first kappa shape index (κ1) is 78.0. The number of rotatable bonds is 10. The molecule has 0 N–H and O–H groups in total. The summed E-state index contributed by atoms with van der Waals surface area (Å²) in [6, 6.07) is 72.3. The number of likely N-dealkylation sites (tertiary alicyclic amines) is 2. The van der Waals surface area contributed by atoms with E-state index in [2.05, 4.69) is 143 Å². The van der Waals surface area contributed by atoms with Crippen LogP contribution in [-0.2, 0) is 76.9 Å². The Morgan fingerprint density at radius 2 is 0.459 bits per heavy atom. The van der Waals surface area contributed by atoms with Crippen LogP contribution in [0.5, 0.6) is 0 Å². The van der Waals surface area contributed by atoms with E-state index in [0.29, 0.717) is 23.7 Å². The average Bonchev–Trinajstić information content (AvgIpc) is 4.10. The Labute approximate surface area is 567 Å². The second-order valence-corrected chi connectivity index (χ2v) is 22.7. The molecule has 4 nitrogen and oxygen atoms in total. The van der Waals surface area contributed by atoms with Crippen LogP contribution in [0.15, 0.2) is 218 Å². The summed E-state index contributed by atoms with van der Waals surface area (Å²) in [5.74, 6) is 1.92. The van der Waals surface area contributed by atoms with E-state index in [1.807, 2.05) is 182 Å². The summed E-state index contributed by atoms with van der Waals surface area (Å²) < 4.78 is 0. The molecule has 0 aliphatic carbocycles. The summed E-state index contributed by atoms with van der Waals surface area (Å²) >= 11 is 11.3. The normalized spacial score (nSPS) is 13.0. The van der Waals surface area contributed by atoms with E-state index in [-0.39, 0.29) is 62.7 Å². The Kier molecular flexibility index (Phi) is 42.3. The van der Waals surface area contributed by atoms with Gasteiger partial charge in [-0.3, -0.25) is 0 Å². The first-order valence-corrected chi connectivity index (χ1v) is 30.5. The van der Waals surface area contributed by atoms with E-state index >= 15 is 0 Å². The zero-order valence-corrected chi connectivity index (χ0v) is 61.3. The molecule has 10 rings (SSSR count). The number of hydrogen-bond acceptors (Lipinski definition) is 4. The predicted molar refractivity (Wildman–Crippen MR) is 369 cm³/mol. The minimum absolute atomic E-state index is 0. The Bertz CT molecular complexity index is 2480. The third-order valence-electron chi connectivity index (χ3n) is 13.4. The summed E-state index contributed by atoms with van der Waals surface area (Å²) in [5.41, 5.74) is 13.8. The maximum atomic E-state index is 5.69. The zero-order chi connectivity index (χ0) is 60.8. The van der Waals surface area contributed by atoms with Crippen LogP contribution in [0.4, 0.5) is 11.4 Å². The minimum Gasteiger partial charge on any atom is -0.793 e. The van der Waals surface area contributed by atoms with Gasteiger partial charge in [0.1, 0.15) is 0 Å². The van der Waals surface area contributed by atoms with E-state index in [1.54, 1.807) is 0 Å². The van der Waals surface area contributed by atoms with Crippen LogP contribution in [0.1, 0.15) is 167 Å². The fraction of sp³-hybridized carbons (Fsp3) is 0.299. The van der Waals surface area contributed by atoms with Gasteiger partial charge in [-0.05, 0) is 75.5 Å². The van der Waals surface area contributed by atoms with E-state index in [4.69, 9.17) is 35.9 Å². The SMILES string of the molecule is CC(C)c1cccc(C(C)C)c1[N-]C([S-])N1CCCC1.CC(C)c1cccc(C(C)C)c1[N-]C([S-])N1CCCCC1.[CH2-]c1ccccc1.[CH2-]c1ccccc1.[CH2-]c1ccccc1.[CH2-]c1ccccc1.[CH2-]c1ccccc1.[CH2-]c1ccccc1.[Hf].[Hf]. The topological polar surface area (TPSA) is 34.7 Å². The molecule has 85 heavy (non-hydrogen) atoms. The quantitative estimate of drug-likeness (QED) is 0.0776. The van der Waals surface area contributed by atoms with Crippen LogP contribution in [0.2, 0.25) is 0 Å². The van der Waals surface area contributed by atoms with Gasteiger partial charge in [-0.1, -0.05) is 157 Å². The molecule has 8 aromatic carbocycles. The van der Waals surface area contributed by atoms with Crippen molar-refractivity contribution in [2.24, 2.45) is 0 Å². The number of hydrogen-bond donors (Lipinski definition) is 0. The molecule has 454 valence electrons. The zero-order valence-electron chi connectivity index (χ0n) is 52.5. The third kappa shape index (κ3) is 33.6. The fourth-order valence-corrected chi connectivity index (χ4v) is 9.31. The monoisotopic (exact) mass is 1500 g/mol. The van der Waals surface area contributed by atoms with Crippen molar-refractivity contribution in [3.05, 3.63) is 326 Å². The Balaban J connectivity index is 0.000000512. The molecule has 2 fully saturated rings. The maximum Gasteiger partial charge on any atom is 0 e. The van der Waals surface area contributed by atoms with Crippen LogP contribution in [0, 0.1) is 41.5 Å². The summed E-state index contributed by atoms with van der Waals surface area (Å²) in [5, 5.41) is 9.89. The molecule has 0 spiro atoms. The van der Waals surface area contributed by atoms with Crippen LogP contribution in [-0.4, -0.2) is 47.0 Å². The van der Waals surface area contributed by atoms with Crippen LogP contribution in [0.3, 0.4) is 0 Å². The van der Waals surface area contributed by atoms with Crippen LogP contribution < -0.4 is 0 Å². The summed E-state index contributed by atoms with van der Waals surface area (Å²) in [7, 11) is 0. The molecule has 0 radical (unpaired) electrons. The number of benzene rings is 8. The van der Waals surface area contributed by atoms with Gasteiger partial charge in [0.05, 0.1) is 0 Å². The molecule has 8 aromatic rings. The van der Waals surface area contributed by atoms with E-state index in [9.17, 15) is 0 Å². The summed E-state index contributed by atoms with van der Waals surface area (Å²) in [6.45, 7) is 44.6. The molecule has 0 bridgehead atoms. The van der Waals surface area contributed by atoms with Gasteiger partial charge in [0.25, 0.3) is 0 Å². The van der Waals surface area contributed by atoms with Crippen molar-refractivity contribution in [3.8, 4) is 0 Å². The molecule has 0 saturated carbocycles. The van der Waals surface area contributed by atoms with Crippen molar-refractivity contribution >= 4 is 36.6 Å². The van der Waals surface area contributed by atoms with Gasteiger partial charge < -0.3 is 45.7 Å². The number of nitrogens with zero attached hydrogens (tertiary/aromatic N) is 4. The first-order chi connectivity index (χ1) is 39.9. The molecule has 2 unspecified atom stereocenters. The Hall–Kier alpha value is -5.06. The molecule has 0 aromatic heterocycles. The van der Waals surface area contributed by atoms with Crippen molar-refractivity contribution < 1.29 is 51.7 Å². The molecular formula is C77H96Hf2N4S2-10. The van der Waals surface area contributed by atoms with Gasteiger partial charge in [0.15, 0.2) is 0 Å².